The highest BCUT2D eigenvalue weighted by Crippen LogP contribution is 2.64. The van der Waals surface area contributed by atoms with Crippen molar-refractivity contribution in [3.05, 3.63) is 0 Å². The highest BCUT2D eigenvalue weighted by atomic mass is 16.1. The van der Waals surface area contributed by atoms with E-state index >= 15 is 0 Å². The molecule has 2 saturated carbocycles. The second-order valence-corrected chi connectivity index (χ2v) is 4.84. The standard InChI is InChI=1S/C10H16O/c1-6-4-7-8(5-9(6)11)10(7,2)3/h6-8H,4-5H2,1-3H3/t6-,7-,8+/m1/s1. The van der Waals surface area contributed by atoms with Crippen LogP contribution in [0.4, 0.5) is 0 Å². The fourth-order valence-electron chi connectivity index (χ4n) is 2.66. The van der Waals surface area contributed by atoms with Crippen LogP contribution in [-0.2, 0) is 4.79 Å². The summed E-state index contributed by atoms with van der Waals surface area (Å²) in [6.45, 7) is 6.67. The summed E-state index contributed by atoms with van der Waals surface area (Å²) in [5, 5.41) is 0. The lowest BCUT2D eigenvalue weighted by Crippen LogP contribution is -2.17. The summed E-state index contributed by atoms with van der Waals surface area (Å²) in [4.78, 5) is 11.3. The largest absolute Gasteiger partial charge is 0.299 e. The molecule has 0 saturated heterocycles. The van der Waals surface area contributed by atoms with Gasteiger partial charge in [-0.3, -0.25) is 4.79 Å². The van der Waals surface area contributed by atoms with E-state index in [1.165, 1.54) is 0 Å². The molecule has 0 unspecified atom stereocenters. The van der Waals surface area contributed by atoms with Crippen molar-refractivity contribution in [1.29, 1.82) is 0 Å². The van der Waals surface area contributed by atoms with E-state index in [0.29, 0.717) is 17.1 Å². The Morgan fingerprint density at radius 1 is 1.36 bits per heavy atom. The molecule has 0 radical (unpaired) electrons. The van der Waals surface area contributed by atoms with Crippen molar-refractivity contribution in [3.63, 3.8) is 0 Å². The fourth-order valence-corrected chi connectivity index (χ4v) is 2.66. The van der Waals surface area contributed by atoms with Gasteiger partial charge in [-0.05, 0) is 23.7 Å². The molecule has 0 heterocycles. The van der Waals surface area contributed by atoms with E-state index in [1.54, 1.807) is 0 Å². The van der Waals surface area contributed by atoms with E-state index in [0.717, 1.165) is 24.7 Å². The van der Waals surface area contributed by atoms with Gasteiger partial charge in [0.05, 0.1) is 0 Å². The molecule has 0 aromatic carbocycles. The van der Waals surface area contributed by atoms with Crippen molar-refractivity contribution in [2.75, 3.05) is 0 Å². The predicted molar refractivity (Wildman–Crippen MR) is 44.2 cm³/mol. The minimum absolute atomic E-state index is 0.345. The summed E-state index contributed by atoms with van der Waals surface area (Å²) in [6.07, 6.45) is 2.01. The lowest BCUT2D eigenvalue weighted by Gasteiger charge is -2.14. The van der Waals surface area contributed by atoms with Crippen molar-refractivity contribution in [2.45, 2.75) is 33.6 Å². The van der Waals surface area contributed by atoms with Crippen LogP contribution in [0.2, 0.25) is 0 Å². The van der Waals surface area contributed by atoms with E-state index in [1.807, 2.05) is 0 Å². The number of hydrogen-bond donors (Lipinski definition) is 0. The van der Waals surface area contributed by atoms with Gasteiger partial charge < -0.3 is 0 Å². The van der Waals surface area contributed by atoms with Crippen molar-refractivity contribution in [3.8, 4) is 0 Å². The summed E-state index contributed by atoms with van der Waals surface area (Å²) >= 11 is 0. The minimum Gasteiger partial charge on any atom is -0.299 e. The van der Waals surface area contributed by atoms with Crippen LogP contribution in [0, 0.1) is 23.2 Å². The van der Waals surface area contributed by atoms with Crippen LogP contribution >= 0.6 is 0 Å². The maximum absolute atomic E-state index is 11.3. The number of hydrogen-bond acceptors (Lipinski definition) is 1. The van der Waals surface area contributed by atoms with E-state index in [9.17, 15) is 4.79 Å². The predicted octanol–water partition coefficient (Wildman–Crippen LogP) is 2.26. The molecule has 0 amide bonds. The second-order valence-electron chi connectivity index (χ2n) is 4.84. The third-order valence-electron chi connectivity index (χ3n) is 3.87. The molecule has 2 rings (SSSR count). The number of carbonyl (C=O) groups is 1. The molecule has 0 aromatic rings. The molecule has 0 aliphatic heterocycles. The van der Waals surface area contributed by atoms with Gasteiger partial charge in [0.25, 0.3) is 0 Å². The SMILES string of the molecule is C[C@@H]1C[C@@H]2[C@H](CC1=O)C2(C)C. The van der Waals surface area contributed by atoms with Gasteiger partial charge in [0.2, 0.25) is 0 Å². The average molecular weight is 152 g/mol. The molecule has 0 N–H and O–H groups in total. The first-order chi connectivity index (χ1) is 5.03. The molecule has 0 bridgehead atoms. The van der Waals surface area contributed by atoms with E-state index in [-0.39, 0.29) is 0 Å². The number of rotatable bonds is 0. The van der Waals surface area contributed by atoms with Crippen LogP contribution in [-0.4, -0.2) is 5.78 Å². The van der Waals surface area contributed by atoms with Crippen molar-refractivity contribution >= 4 is 5.78 Å². The van der Waals surface area contributed by atoms with Crippen LogP contribution in [0.15, 0.2) is 0 Å². The topological polar surface area (TPSA) is 17.1 Å². The monoisotopic (exact) mass is 152 g/mol. The van der Waals surface area contributed by atoms with Crippen LogP contribution < -0.4 is 0 Å². The molecule has 2 aliphatic rings. The van der Waals surface area contributed by atoms with E-state index < -0.39 is 0 Å². The van der Waals surface area contributed by atoms with Gasteiger partial charge in [-0.15, -0.1) is 0 Å². The molecule has 0 aromatic heterocycles. The zero-order valence-corrected chi connectivity index (χ0v) is 7.55. The maximum Gasteiger partial charge on any atom is 0.136 e. The molecular weight excluding hydrogens is 136 g/mol. The highest BCUT2D eigenvalue weighted by molar-refractivity contribution is 5.82. The summed E-state index contributed by atoms with van der Waals surface area (Å²) < 4.78 is 0. The zero-order valence-electron chi connectivity index (χ0n) is 7.55. The van der Waals surface area contributed by atoms with Gasteiger partial charge >= 0.3 is 0 Å². The molecule has 11 heavy (non-hydrogen) atoms. The molecule has 62 valence electrons. The number of carbonyl (C=O) groups excluding carboxylic acids is 1. The Kier molecular flexibility index (Phi) is 1.25. The highest BCUT2D eigenvalue weighted by Gasteiger charge is 2.60. The first kappa shape index (κ1) is 7.33. The quantitative estimate of drug-likeness (QED) is 0.520. The van der Waals surface area contributed by atoms with Crippen LogP contribution in [0.25, 0.3) is 0 Å². The Hall–Kier alpha value is -0.330. The van der Waals surface area contributed by atoms with E-state index in [2.05, 4.69) is 20.8 Å². The maximum atomic E-state index is 11.3. The Morgan fingerprint density at radius 2 is 2.00 bits per heavy atom. The third kappa shape index (κ3) is 0.863. The first-order valence-corrected chi connectivity index (χ1v) is 4.56. The smallest absolute Gasteiger partial charge is 0.136 e. The Balaban J connectivity index is 2.12. The third-order valence-corrected chi connectivity index (χ3v) is 3.87. The molecule has 0 spiro atoms. The zero-order chi connectivity index (χ0) is 8.22. The molecular formula is C10H16O. The Morgan fingerprint density at radius 3 is 2.55 bits per heavy atom. The van der Waals surface area contributed by atoms with Gasteiger partial charge in [0, 0.05) is 12.3 Å². The Bertz CT molecular complexity index is 205. The lowest BCUT2D eigenvalue weighted by atomic mass is 9.90. The van der Waals surface area contributed by atoms with Crippen molar-refractivity contribution in [2.24, 2.45) is 23.2 Å². The van der Waals surface area contributed by atoms with Crippen LogP contribution in [0.5, 0.6) is 0 Å². The van der Waals surface area contributed by atoms with Gasteiger partial charge in [-0.25, -0.2) is 0 Å². The van der Waals surface area contributed by atoms with Gasteiger partial charge in [-0.1, -0.05) is 20.8 Å². The number of fused-ring (bicyclic) bond motifs is 1. The van der Waals surface area contributed by atoms with Crippen LogP contribution in [0.1, 0.15) is 33.6 Å². The molecule has 3 atom stereocenters. The van der Waals surface area contributed by atoms with Crippen molar-refractivity contribution in [1.82, 2.24) is 0 Å². The van der Waals surface area contributed by atoms with E-state index in [4.69, 9.17) is 0 Å². The summed E-state index contributed by atoms with van der Waals surface area (Å²) in [7, 11) is 0. The number of ketones is 1. The fraction of sp³-hybridized carbons (Fsp3) is 0.900. The van der Waals surface area contributed by atoms with Gasteiger partial charge in [0.1, 0.15) is 5.78 Å². The molecule has 1 nitrogen and oxygen atoms in total. The minimum atomic E-state index is 0.345. The molecule has 1 heteroatoms. The summed E-state index contributed by atoms with van der Waals surface area (Å²) in [6, 6.07) is 0. The van der Waals surface area contributed by atoms with Crippen molar-refractivity contribution < 1.29 is 4.79 Å². The molecule has 2 fully saturated rings. The lowest BCUT2D eigenvalue weighted by molar-refractivity contribution is -0.124. The van der Waals surface area contributed by atoms with Gasteiger partial charge in [0.15, 0.2) is 0 Å². The summed E-state index contributed by atoms with van der Waals surface area (Å²) in [5.74, 6) is 2.43. The second kappa shape index (κ2) is 1.88. The van der Waals surface area contributed by atoms with Gasteiger partial charge in [-0.2, -0.15) is 0 Å². The summed E-state index contributed by atoms with van der Waals surface area (Å²) in [5.41, 5.74) is 0.487. The normalized spacial score (nSPS) is 46.8. The Labute approximate surface area is 68.2 Å². The molecule has 2 aliphatic carbocycles. The first-order valence-electron chi connectivity index (χ1n) is 4.56. The van der Waals surface area contributed by atoms with Crippen LogP contribution in [0.3, 0.4) is 0 Å². The average Bonchev–Trinajstić information content (AvgIpc) is 2.39. The number of Topliss-reactive ketones (excluding diaryl/α,β-unsaturated/α-hetero) is 1.